The molecule has 0 radical (unpaired) electrons. The van der Waals surface area contributed by atoms with E-state index in [0.29, 0.717) is 30.3 Å². The Balaban J connectivity index is 1.53. The van der Waals surface area contributed by atoms with Crippen molar-refractivity contribution < 1.29 is 9.53 Å². The molecule has 0 fully saturated rings. The van der Waals surface area contributed by atoms with Gasteiger partial charge in [0.2, 0.25) is 5.95 Å². The van der Waals surface area contributed by atoms with Gasteiger partial charge in [0.15, 0.2) is 0 Å². The third-order valence-electron chi connectivity index (χ3n) is 4.38. The van der Waals surface area contributed by atoms with E-state index in [1.54, 1.807) is 13.3 Å². The Kier molecular flexibility index (Phi) is 6.57. The van der Waals surface area contributed by atoms with E-state index < -0.39 is 0 Å². The highest BCUT2D eigenvalue weighted by Crippen LogP contribution is 2.13. The average Bonchev–Trinajstić information content (AvgIpc) is 2.73. The molecule has 2 N–H and O–H groups in total. The summed E-state index contributed by atoms with van der Waals surface area (Å²) < 4.78 is 5.15. The normalized spacial score (nSPS) is 10.4. The van der Waals surface area contributed by atoms with Gasteiger partial charge in [0.05, 0.1) is 18.4 Å². The highest BCUT2D eigenvalue weighted by Gasteiger charge is 2.11. The first-order chi connectivity index (χ1) is 13.7. The summed E-state index contributed by atoms with van der Waals surface area (Å²) in [5, 5.41) is 6.10. The summed E-state index contributed by atoms with van der Waals surface area (Å²) in [5.41, 5.74) is 3.41. The van der Waals surface area contributed by atoms with Crippen molar-refractivity contribution in [1.82, 2.24) is 15.3 Å². The zero-order valence-electron chi connectivity index (χ0n) is 16.1. The molecular weight excluding hydrogens is 352 g/mol. The maximum Gasteiger partial charge on any atom is 0.254 e. The molecule has 3 rings (SSSR count). The first-order valence-electron chi connectivity index (χ1n) is 9.18. The van der Waals surface area contributed by atoms with Crippen molar-refractivity contribution in [2.45, 2.75) is 19.9 Å². The van der Waals surface area contributed by atoms with E-state index in [-0.39, 0.29) is 5.91 Å². The summed E-state index contributed by atoms with van der Waals surface area (Å²) >= 11 is 0. The molecule has 3 aromatic rings. The second-order valence-corrected chi connectivity index (χ2v) is 6.39. The van der Waals surface area contributed by atoms with Crippen LogP contribution in [0.25, 0.3) is 0 Å². The molecule has 1 aromatic heterocycles. The molecule has 0 atom stereocenters. The summed E-state index contributed by atoms with van der Waals surface area (Å²) in [6.45, 7) is 2.97. The molecule has 0 bridgehead atoms. The molecule has 0 unspecified atom stereocenters. The van der Waals surface area contributed by atoms with Crippen LogP contribution in [0, 0.1) is 6.92 Å². The number of methoxy groups -OCH3 is 1. The lowest BCUT2D eigenvalue weighted by Crippen LogP contribution is -2.27. The Morgan fingerprint density at radius 3 is 2.46 bits per heavy atom. The molecule has 0 saturated carbocycles. The third kappa shape index (κ3) is 5.30. The number of anilines is 1. The highest BCUT2D eigenvalue weighted by atomic mass is 16.5. The molecule has 1 heterocycles. The van der Waals surface area contributed by atoms with E-state index >= 15 is 0 Å². The first kappa shape index (κ1) is 19.4. The SMILES string of the molecule is COc1ccc(CNc2ncc(C(=O)NCCc3ccccc3)c(C)n2)cc1. The van der Waals surface area contributed by atoms with E-state index in [1.165, 1.54) is 5.56 Å². The van der Waals surface area contributed by atoms with Crippen molar-refractivity contribution in [1.29, 1.82) is 0 Å². The molecule has 6 nitrogen and oxygen atoms in total. The quantitative estimate of drug-likeness (QED) is 0.630. The standard InChI is InChI=1S/C22H24N4O2/c1-16-20(21(27)23-13-12-17-6-4-3-5-7-17)15-25-22(26-16)24-14-18-8-10-19(28-2)11-9-18/h3-11,15H,12-14H2,1-2H3,(H,23,27)(H,24,25,26). The van der Waals surface area contributed by atoms with Crippen molar-refractivity contribution >= 4 is 11.9 Å². The summed E-state index contributed by atoms with van der Waals surface area (Å²) in [6, 6.07) is 17.8. The van der Waals surface area contributed by atoms with Gasteiger partial charge in [-0.05, 0) is 36.6 Å². The van der Waals surface area contributed by atoms with Gasteiger partial charge < -0.3 is 15.4 Å². The fourth-order valence-electron chi connectivity index (χ4n) is 2.76. The summed E-state index contributed by atoms with van der Waals surface area (Å²) in [7, 11) is 1.64. The molecule has 0 aliphatic carbocycles. The van der Waals surface area contributed by atoms with Crippen molar-refractivity contribution in [3.63, 3.8) is 0 Å². The smallest absolute Gasteiger partial charge is 0.254 e. The number of ether oxygens (including phenoxy) is 1. The van der Waals surface area contributed by atoms with Gasteiger partial charge in [-0.2, -0.15) is 0 Å². The number of aryl methyl sites for hydroxylation is 1. The lowest BCUT2D eigenvalue weighted by molar-refractivity contribution is 0.0952. The molecule has 144 valence electrons. The minimum atomic E-state index is -0.157. The van der Waals surface area contributed by atoms with Gasteiger partial charge >= 0.3 is 0 Å². The maximum absolute atomic E-state index is 12.4. The van der Waals surface area contributed by atoms with Gasteiger partial charge in [-0.15, -0.1) is 0 Å². The minimum Gasteiger partial charge on any atom is -0.497 e. The average molecular weight is 376 g/mol. The van der Waals surface area contributed by atoms with E-state index in [1.807, 2.05) is 61.5 Å². The van der Waals surface area contributed by atoms with Crippen molar-refractivity contribution in [3.8, 4) is 5.75 Å². The van der Waals surface area contributed by atoms with Crippen LogP contribution in [0.4, 0.5) is 5.95 Å². The maximum atomic E-state index is 12.4. The Bertz CT molecular complexity index is 912. The van der Waals surface area contributed by atoms with E-state index in [4.69, 9.17) is 4.74 Å². The van der Waals surface area contributed by atoms with Gasteiger partial charge in [0.25, 0.3) is 5.91 Å². The molecule has 1 amide bonds. The Morgan fingerprint density at radius 1 is 1.04 bits per heavy atom. The van der Waals surface area contributed by atoms with Gasteiger partial charge in [-0.3, -0.25) is 4.79 Å². The zero-order valence-corrected chi connectivity index (χ0v) is 16.1. The summed E-state index contributed by atoms with van der Waals surface area (Å²) in [5.74, 6) is 1.16. The lowest BCUT2D eigenvalue weighted by atomic mass is 10.1. The number of rotatable bonds is 8. The van der Waals surface area contributed by atoms with Crippen molar-refractivity contribution in [3.05, 3.63) is 83.2 Å². The third-order valence-corrected chi connectivity index (χ3v) is 4.38. The number of nitrogens with zero attached hydrogens (tertiary/aromatic N) is 2. The second-order valence-electron chi connectivity index (χ2n) is 6.39. The number of carbonyl (C=O) groups is 1. The van der Waals surface area contributed by atoms with Crippen LogP contribution in [0.1, 0.15) is 27.2 Å². The predicted molar refractivity (Wildman–Crippen MR) is 110 cm³/mol. The lowest BCUT2D eigenvalue weighted by Gasteiger charge is -2.10. The number of hydrogen-bond acceptors (Lipinski definition) is 5. The van der Waals surface area contributed by atoms with E-state index in [0.717, 1.165) is 17.7 Å². The first-order valence-corrected chi connectivity index (χ1v) is 9.18. The molecule has 6 heteroatoms. The van der Waals surface area contributed by atoms with Gasteiger partial charge in [0.1, 0.15) is 5.75 Å². The van der Waals surface area contributed by atoms with E-state index in [2.05, 4.69) is 20.6 Å². The molecule has 28 heavy (non-hydrogen) atoms. The second kappa shape index (κ2) is 9.50. The van der Waals surface area contributed by atoms with Crippen LogP contribution in [-0.4, -0.2) is 29.5 Å². The number of amides is 1. The fourth-order valence-corrected chi connectivity index (χ4v) is 2.76. The molecule has 0 aliphatic heterocycles. The molecule has 0 saturated heterocycles. The number of nitrogens with one attached hydrogen (secondary N) is 2. The Morgan fingerprint density at radius 2 is 1.79 bits per heavy atom. The highest BCUT2D eigenvalue weighted by molar-refractivity contribution is 5.94. The molecular formula is C22H24N4O2. The van der Waals surface area contributed by atoms with Crippen LogP contribution in [0.2, 0.25) is 0 Å². The fraction of sp³-hybridized carbons (Fsp3) is 0.227. The van der Waals surface area contributed by atoms with Crippen LogP contribution in [0.5, 0.6) is 5.75 Å². The zero-order chi connectivity index (χ0) is 19.8. The molecule has 0 spiro atoms. The topological polar surface area (TPSA) is 76.1 Å². The van der Waals surface area contributed by atoms with Gasteiger partial charge in [-0.1, -0.05) is 42.5 Å². The summed E-state index contributed by atoms with van der Waals surface area (Å²) in [6.07, 6.45) is 2.35. The Labute approximate surface area is 165 Å². The number of benzene rings is 2. The largest absolute Gasteiger partial charge is 0.497 e. The van der Waals surface area contributed by atoms with Crippen molar-refractivity contribution in [2.24, 2.45) is 0 Å². The van der Waals surface area contributed by atoms with Crippen molar-refractivity contribution in [2.75, 3.05) is 19.0 Å². The van der Waals surface area contributed by atoms with Crippen LogP contribution in [0.3, 0.4) is 0 Å². The Hall–Kier alpha value is -3.41. The van der Waals surface area contributed by atoms with Crippen LogP contribution >= 0.6 is 0 Å². The monoisotopic (exact) mass is 376 g/mol. The number of carbonyl (C=O) groups excluding carboxylic acids is 1. The van der Waals surface area contributed by atoms with Gasteiger partial charge in [0, 0.05) is 19.3 Å². The van der Waals surface area contributed by atoms with Crippen LogP contribution < -0.4 is 15.4 Å². The summed E-state index contributed by atoms with van der Waals surface area (Å²) in [4.78, 5) is 21.1. The minimum absolute atomic E-state index is 0.157. The van der Waals surface area contributed by atoms with Gasteiger partial charge in [-0.25, -0.2) is 9.97 Å². The predicted octanol–water partition coefficient (Wildman–Crippen LogP) is 3.38. The number of hydrogen-bond donors (Lipinski definition) is 2. The number of aromatic nitrogens is 2. The van der Waals surface area contributed by atoms with E-state index in [9.17, 15) is 4.79 Å². The van der Waals surface area contributed by atoms with Crippen LogP contribution in [-0.2, 0) is 13.0 Å². The molecule has 2 aromatic carbocycles. The molecule has 0 aliphatic rings. The van der Waals surface area contributed by atoms with Crippen LogP contribution in [0.15, 0.2) is 60.8 Å².